The summed E-state index contributed by atoms with van der Waals surface area (Å²) >= 11 is 5.73. The molecule has 0 unspecified atom stereocenters. The first-order valence-electron chi connectivity index (χ1n) is 5.54. The first-order chi connectivity index (χ1) is 8.78. The van der Waals surface area contributed by atoms with Crippen molar-refractivity contribution in [1.82, 2.24) is 5.06 Å². The number of carbonyl (C=O) groups excluding carboxylic acids is 1. The summed E-state index contributed by atoms with van der Waals surface area (Å²) in [4.78, 5) is 11.9. The lowest BCUT2D eigenvalue weighted by atomic mass is 9.99. The first kappa shape index (κ1) is 15.3. The van der Waals surface area contributed by atoms with Crippen LogP contribution >= 0.6 is 11.6 Å². The molecule has 0 aliphatic carbocycles. The van der Waals surface area contributed by atoms with Gasteiger partial charge in [0.25, 0.3) is 0 Å². The van der Waals surface area contributed by atoms with Gasteiger partial charge in [-0.05, 0) is 45.0 Å². The fraction of sp³-hybridized carbons (Fsp3) is 0.333. The molecule has 0 aliphatic heterocycles. The van der Waals surface area contributed by atoms with E-state index in [4.69, 9.17) is 16.8 Å². The fourth-order valence-corrected chi connectivity index (χ4v) is 1.37. The molecule has 0 aromatic heterocycles. The van der Waals surface area contributed by atoms with Crippen LogP contribution < -0.4 is 5.32 Å². The van der Waals surface area contributed by atoms with E-state index in [1.165, 1.54) is 6.92 Å². The quantitative estimate of drug-likeness (QED) is 0.345. The zero-order valence-electron chi connectivity index (χ0n) is 10.9. The molecule has 0 heterocycles. The average molecular weight is 286 g/mol. The number of carbonyl (C=O) groups is 1. The van der Waals surface area contributed by atoms with Gasteiger partial charge < -0.3 is 10.5 Å². The highest BCUT2D eigenvalue weighted by Crippen LogP contribution is 2.18. The number of nitrogens with one attached hydrogen (secondary N) is 1. The van der Waals surface area contributed by atoms with Crippen LogP contribution in [0.4, 0.5) is 10.5 Å². The number of benzene rings is 1. The Hall–Kier alpha value is -1.79. The van der Waals surface area contributed by atoms with E-state index in [1.807, 2.05) is 0 Å². The number of anilines is 1. The number of hydrogen-bond donors (Lipinski definition) is 3. The molecule has 0 bridgehead atoms. The molecular weight excluding hydrogens is 270 g/mol. The van der Waals surface area contributed by atoms with E-state index >= 15 is 0 Å². The molecule has 0 saturated heterocycles. The van der Waals surface area contributed by atoms with Gasteiger partial charge in [0.1, 0.15) is 5.54 Å². The second-order valence-corrected chi connectivity index (χ2v) is 4.93. The fourth-order valence-electron chi connectivity index (χ4n) is 1.24. The average Bonchev–Trinajstić information content (AvgIpc) is 2.39. The molecule has 0 saturated carbocycles. The highest BCUT2D eigenvalue weighted by molar-refractivity contribution is 6.30. The van der Waals surface area contributed by atoms with Crippen LogP contribution in [-0.2, 0) is 0 Å². The van der Waals surface area contributed by atoms with Gasteiger partial charge >= 0.3 is 6.03 Å². The smallest absolute Gasteiger partial charge is 0.346 e. The number of hydrogen-bond acceptors (Lipinski definition) is 4. The largest absolute Gasteiger partial charge is 0.411 e. The maximum Gasteiger partial charge on any atom is 0.346 e. The monoisotopic (exact) mass is 285 g/mol. The first-order valence-corrected chi connectivity index (χ1v) is 5.91. The van der Waals surface area contributed by atoms with Crippen LogP contribution in [0.25, 0.3) is 0 Å². The van der Waals surface area contributed by atoms with E-state index in [2.05, 4.69) is 10.5 Å². The maximum atomic E-state index is 11.9. The number of halogens is 1. The van der Waals surface area contributed by atoms with Crippen molar-refractivity contribution >= 4 is 29.0 Å². The van der Waals surface area contributed by atoms with E-state index in [0.717, 1.165) is 0 Å². The van der Waals surface area contributed by atoms with Crippen molar-refractivity contribution in [2.75, 3.05) is 5.32 Å². The van der Waals surface area contributed by atoms with Crippen molar-refractivity contribution in [2.45, 2.75) is 26.3 Å². The van der Waals surface area contributed by atoms with E-state index in [9.17, 15) is 10.0 Å². The van der Waals surface area contributed by atoms with Crippen LogP contribution in [0.5, 0.6) is 0 Å². The van der Waals surface area contributed by atoms with Crippen molar-refractivity contribution in [1.29, 1.82) is 0 Å². The van der Waals surface area contributed by atoms with Crippen LogP contribution in [0, 0.1) is 0 Å². The molecule has 3 N–H and O–H groups in total. The molecule has 1 aromatic rings. The Morgan fingerprint density at radius 1 is 1.37 bits per heavy atom. The number of hydroxylamine groups is 2. The van der Waals surface area contributed by atoms with Crippen molar-refractivity contribution in [3.8, 4) is 0 Å². The van der Waals surface area contributed by atoms with E-state index < -0.39 is 11.6 Å². The third-order valence-corrected chi connectivity index (χ3v) is 3.10. The third kappa shape index (κ3) is 3.59. The lowest BCUT2D eigenvalue weighted by molar-refractivity contribution is -0.0841. The van der Waals surface area contributed by atoms with Gasteiger partial charge in [0.05, 0.1) is 5.71 Å². The van der Waals surface area contributed by atoms with Crippen LogP contribution in [0.15, 0.2) is 29.4 Å². The topological polar surface area (TPSA) is 85.2 Å². The van der Waals surface area contributed by atoms with Crippen molar-refractivity contribution in [3.63, 3.8) is 0 Å². The van der Waals surface area contributed by atoms with Crippen molar-refractivity contribution < 1.29 is 15.2 Å². The Kier molecular flexibility index (Phi) is 4.74. The summed E-state index contributed by atoms with van der Waals surface area (Å²) in [6.07, 6.45) is 0. The zero-order chi connectivity index (χ0) is 14.6. The van der Waals surface area contributed by atoms with Gasteiger partial charge in [0, 0.05) is 10.7 Å². The highest BCUT2D eigenvalue weighted by Gasteiger charge is 2.33. The van der Waals surface area contributed by atoms with Gasteiger partial charge in [-0.25, -0.2) is 4.79 Å². The van der Waals surface area contributed by atoms with Crippen LogP contribution in [0.3, 0.4) is 0 Å². The minimum atomic E-state index is -1.13. The number of urea groups is 1. The highest BCUT2D eigenvalue weighted by atomic mass is 35.5. The van der Waals surface area contributed by atoms with Gasteiger partial charge in [-0.2, -0.15) is 5.06 Å². The molecule has 0 atom stereocenters. The van der Waals surface area contributed by atoms with Gasteiger partial charge in [-0.3, -0.25) is 5.21 Å². The number of amides is 2. The molecule has 19 heavy (non-hydrogen) atoms. The van der Waals surface area contributed by atoms with E-state index in [-0.39, 0.29) is 5.71 Å². The standard InChI is InChI=1S/C12H16ClN3O3/c1-8(15-18)12(2,3)16(19)11(17)14-10-6-4-9(13)5-7-10/h4-7,18-19H,1-3H3,(H,14,17). The normalized spacial score (nSPS) is 12.2. The molecule has 0 aliphatic rings. The molecule has 0 fully saturated rings. The summed E-state index contributed by atoms with van der Waals surface area (Å²) < 4.78 is 0. The Balaban J connectivity index is 2.81. The summed E-state index contributed by atoms with van der Waals surface area (Å²) in [7, 11) is 0. The Morgan fingerprint density at radius 3 is 2.37 bits per heavy atom. The minimum absolute atomic E-state index is 0.196. The SMILES string of the molecule is CC(=NO)C(C)(C)N(O)C(=O)Nc1ccc(Cl)cc1. The maximum absolute atomic E-state index is 11.9. The molecule has 104 valence electrons. The van der Waals surface area contributed by atoms with Gasteiger partial charge in [-0.1, -0.05) is 16.8 Å². The summed E-state index contributed by atoms with van der Waals surface area (Å²) in [6.45, 7) is 4.59. The molecule has 1 rings (SSSR count). The lowest BCUT2D eigenvalue weighted by Crippen LogP contribution is -2.51. The second kappa shape index (κ2) is 5.90. The zero-order valence-corrected chi connectivity index (χ0v) is 11.6. The van der Waals surface area contributed by atoms with Crippen molar-refractivity contribution in [3.05, 3.63) is 29.3 Å². The van der Waals surface area contributed by atoms with Crippen LogP contribution in [-0.4, -0.2) is 32.8 Å². The summed E-state index contributed by atoms with van der Waals surface area (Å²) in [5, 5.41) is 25.1. The minimum Gasteiger partial charge on any atom is -0.411 e. The molecule has 1 aromatic carbocycles. The van der Waals surface area contributed by atoms with Gasteiger partial charge in [-0.15, -0.1) is 0 Å². The van der Waals surface area contributed by atoms with E-state index in [1.54, 1.807) is 38.1 Å². The number of nitrogens with zero attached hydrogens (tertiary/aromatic N) is 2. The Morgan fingerprint density at radius 2 is 1.89 bits per heavy atom. The van der Waals surface area contributed by atoms with Gasteiger partial charge in [0.15, 0.2) is 0 Å². The van der Waals surface area contributed by atoms with E-state index in [0.29, 0.717) is 15.8 Å². The molecule has 7 heteroatoms. The third-order valence-electron chi connectivity index (χ3n) is 2.85. The Labute approximate surface area is 116 Å². The van der Waals surface area contributed by atoms with Crippen molar-refractivity contribution in [2.24, 2.45) is 5.16 Å². The van der Waals surface area contributed by atoms with Gasteiger partial charge in [0.2, 0.25) is 0 Å². The summed E-state index contributed by atoms with van der Waals surface area (Å²) in [5.41, 5.74) is -0.449. The lowest BCUT2D eigenvalue weighted by Gasteiger charge is -2.32. The molecule has 0 radical (unpaired) electrons. The number of oxime groups is 1. The predicted molar refractivity (Wildman–Crippen MR) is 73.1 cm³/mol. The summed E-state index contributed by atoms with van der Waals surface area (Å²) in [5.74, 6) is 0. The van der Waals surface area contributed by atoms with Crippen LogP contribution in [0.2, 0.25) is 5.02 Å². The molecule has 0 spiro atoms. The Bertz CT molecular complexity index is 485. The second-order valence-electron chi connectivity index (χ2n) is 4.49. The molecular formula is C12H16ClN3O3. The van der Waals surface area contributed by atoms with Crippen LogP contribution in [0.1, 0.15) is 20.8 Å². The number of rotatable bonds is 3. The summed E-state index contributed by atoms with van der Waals surface area (Å²) in [6, 6.07) is 5.70. The molecule has 6 nitrogen and oxygen atoms in total. The predicted octanol–water partition coefficient (Wildman–Crippen LogP) is 3.19. The molecule has 2 amide bonds.